The molecule has 190 valence electrons. The number of amides is 2. The van der Waals surface area contributed by atoms with E-state index >= 15 is 0 Å². The minimum atomic E-state index is -0.758. The first-order valence-electron chi connectivity index (χ1n) is 11.8. The van der Waals surface area contributed by atoms with E-state index in [-0.39, 0.29) is 23.1 Å². The number of nitrogens with zero attached hydrogens (tertiary/aromatic N) is 7. The zero-order chi connectivity index (χ0) is 26.4. The van der Waals surface area contributed by atoms with Gasteiger partial charge in [-0.1, -0.05) is 0 Å². The van der Waals surface area contributed by atoms with Crippen LogP contribution in [0.5, 0.6) is 0 Å². The van der Waals surface area contributed by atoms with Gasteiger partial charge in [0.2, 0.25) is 11.9 Å². The van der Waals surface area contributed by atoms with Crippen molar-refractivity contribution < 1.29 is 18.4 Å². The quantitative estimate of drug-likeness (QED) is 0.368. The van der Waals surface area contributed by atoms with Gasteiger partial charge < -0.3 is 14.8 Å². The number of carbonyl (C=O) groups is 2. The molecule has 1 aliphatic heterocycles. The maximum absolute atomic E-state index is 13.6. The second kappa shape index (κ2) is 9.14. The molecular formula is C26H20F2N8O2. The number of benzene rings is 1. The molecule has 5 aromatic rings. The number of pyridine rings is 1. The molecule has 5 heterocycles. The second-order valence-corrected chi connectivity index (χ2v) is 8.79. The van der Waals surface area contributed by atoms with Crippen molar-refractivity contribution in [3.05, 3.63) is 84.1 Å². The van der Waals surface area contributed by atoms with Gasteiger partial charge in [-0.3, -0.25) is 9.59 Å². The van der Waals surface area contributed by atoms with E-state index in [0.717, 1.165) is 11.8 Å². The summed E-state index contributed by atoms with van der Waals surface area (Å²) in [7, 11) is 0. The smallest absolute Gasteiger partial charge is 0.257 e. The maximum atomic E-state index is 13.6. The number of imidazole rings is 2. The third-order valence-electron chi connectivity index (χ3n) is 6.33. The van der Waals surface area contributed by atoms with E-state index in [1.54, 1.807) is 35.4 Å². The number of hydrogen-bond donors (Lipinski definition) is 1. The van der Waals surface area contributed by atoms with E-state index in [1.807, 2.05) is 4.57 Å². The van der Waals surface area contributed by atoms with Gasteiger partial charge in [0.25, 0.3) is 5.91 Å². The monoisotopic (exact) mass is 514 g/mol. The molecule has 0 bridgehead atoms. The van der Waals surface area contributed by atoms with Gasteiger partial charge in [-0.15, -0.1) is 0 Å². The first kappa shape index (κ1) is 23.4. The third kappa shape index (κ3) is 4.25. The minimum absolute atomic E-state index is 0.0360. The molecule has 0 saturated heterocycles. The van der Waals surface area contributed by atoms with Crippen molar-refractivity contribution in [2.24, 2.45) is 0 Å². The molecule has 0 unspecified atom stereocenters. The number of halogens is 2. The number of anilines is 1. The van der Waals surface area contributed by atoms with Crippen molar-refractivity contribution in [1.29, 1.82) is 0 Å². The first-order chi connectivity index (χ1) is 18.4. The molecule has 1 N–H and O–H groups in total. The van der Waals surface area contributed by atoms with Crippen LogP contribution in [0.3, 0.4) is 0 Å². The van der Waals surface area contributed by atoms with Crippen LogP contribution in [0, 0.1) is 11.8 Å². The number of nitrogens with one attached hydrogen (secondary N) is 1. The maximum Gasteiger partial charge on any atom is 0.257 e. The highest BCUT2D eigenvalue weighted by Gasteiger charge is 2.27. The topological polar surface area (TPSA) is 110 Å². The van der Waals surface area contributed by atoms with Gasteiger partial charge >= 0.3 is 0 Å². The van der Waals surface area contributed by atoms with Gasteiger partial charge in [0.1, 0.15) is 17.3 Å². The Labute approximate surface area is 214 Å². The van der Waals surface area contributed by atoms with Crippen LogP contribution in [0.15, 0.2) is 60.9 Å². The summed E-state index contributed by atoms with van der Waals surface area (Å²) in [5.74, 6) is -0.746. The van der Waals surface area contributed by atoms with Crippen LogP contribution in [0.4, 0.5) is 14.6 Å². The summed E-state index contributed by atoms with van der Waals surface area (Å²) < 4.78 is 30.6. The van der Waals surface area contributed by atoms with E-state index < -0.39 is 11.9 Å². The average Bonchev–Trinajstić information content (AvgIpc) is 3.48. The van der Waals surface area contributed by atoms with Crippen LogP contribution < -0.4 is 5.32 Å². The van der Waals surface area contributed by atoms with Crippen LogP contribution in [-0.4, -0.2) is 52.4 Å². The summed E-state index contributed by atoms with van der Waals surface area (Å²) >= 11 is 0. The predicted molar refractivity (Wildman–Crippen MR) is 133 cm³/mol. The predicted octanol–water partition coefficient (Wildman–Crippen LogP) is 3.55. The average molecular weight is 514 g/mol. The Balaban J connectivity index is 1.39. The molecule has 0 atom stereocenters. The lowest BCUT2D eigenvalue weighted by atomic mass is 10.1. The van der Waals surface area contributed by atoms with E-state index in [1.165, 1.54) is 35.8 Å². The van der Waals surface area contributed by atoms with E-state index in [9.17, 15) is 18.4 Å². The minimum Gasteiger partial charge on any atom is -0.334 e. The highest BCUT2D eigenvalue weighted by molar-refractivity contribution is 6.03. The van der Waals surface area contributed by atoms with Crippen molar-refractivity contribution in [3.63, 3.8) is 0 Å². The van der Waals surface area contributed by atoms with Crippen molar-refractivity contribution in [2.45, 2.75) is 20.0 Å². The highest BCUT2D eigenvalue weighted by atomic mass is 19.1. The van der Waals surface area contributed by atoms with Crippen LogP contribution in [-0.2, 0) is 17.9 Å². The Morgan fingerprint density at radius 3 is 2.58 bits per heavy atom. The third-order valence-corrected chi connectivity index (χ3v) is 6.33. The molecule has 2 amide bonds. The van der Waals surface area contributed by atoms with Crippen molar-refractivity contribution in [2.75, 3.05) is 11.9 Å². The lowest BCUT2D eigenvalue weighted by molar-refractivity contribution is -0.130. The summed E-state index contributed by atoms with van der Waals surface area (Å²) in [5, 5.41) is 7.36. The lowest BCUT2D eigenvalue weighted by Crippen LogP contribution is -2.37. The first-order valence-corrected chi connectivity index (χ1v) is 11.8. The molecule has 4 aromatic heterocycles. The number of carbonyl (C=O) groups excluding carboxylic acids is 2. The molecule has 0 fully saturated rings. The zero-order valence-electron chi connectivity index (χ0n) is 20.1. The van der Waals surface area contributed by atoms with Gasteiger partial charge in [-0.25, -0.2) is 23.9 Å². The normalized spacial score (nSPS) is 13.0. The molecule has 12 heteroatoms. The van der Waals surface area contributed by atoms with Gasteiger partial charge in [-0.05, 0) is 42.5 Å². The number of fused-ring (bicyclic) bond motifs is 2. The molecule has 38 heavy (non-hydrogen) atoms. The Bertz CT molecular complexity index is 1710. The summed E-state index contributed by atoms with van der Waals surface area (Å²) in [4.78, 5) is 38.9. The fraction of sp³-hybridized carbons (Fsp3) is 0.154. The molecule has 0 saturated carbocycles. The number of hydrogen-bond acceptors (Lipinski definition) is 6. The Morgan fingerprint density at radius 1 is 1.00 bits per heavy atom. The van der Waals surface area contributed by atoms with Crippen LogP contribution in [0.1, 0.15) is 23.1 Å². The van der Waals surface area contributed by atoms with E-state index in [2.05, 4.69) is 15.3 Å². The molecule has 0 radical (unpaired) electrons. The summed E-state index contributed by atoms with van der Waals surface area (Å²) in [6.45, 7) is 2.92. The van der Waals surface area contributed by atoms with Gasteiger partial charge in [0.05, 0.1) is 24.1 Å². The number of rotatable bonds is 4. The van der Waals surface area contributed by atoms with Crippen molar-refractivity contribution in [3.8, 4) is 22.6 Å². The van der Waals surface area contributed by atoms with Crippen LogP contribution in [0.2, 0.25) is 0 Å². The standard InChI is InChI=1S/C26H20F2N8O2/c1-15(37)34-10-11-35-23(14-34)32-24(16-2-4-18(27)5-3-16)25(35)19-6-7-22-30-21(13-36(22)33-19)31-26(38)17-8-9-29-20(28)12-17/h2-9,12-13H,10-11,14H2,1H3,(H,31,38). The Morgan fingerprint density at radius 2 is 1.82 bits per heavy atom. The van der Waals surface area contributed by atoms with Crippen molar-refractivity contribution >= 4 is 23.3 Å². The van der Waals surface area contributed by atoms with E-state index in [4.69, 9.17) is 10.1 Å². The van der Waals surface area contributed by atoms with Crippen LogP contribution in [0.25, 0.3) is 28.3 Å². The largest absolute Gasteiger partial charge is 0.334 e. The molecule has 10 nitrogen and oxygen atoms in total. The Kier molecular flexibility index (Phi) is 5.63. The molecule has 1 aromatic carbocycles. The van der Waals surface area contributed by atoms with Crippen molar-refractivity contribution in [1.82, 2.24) is 34.0 Å². The second-order valence-electron chi connectivity index (χ2n) is 8.79. The summed E-state index contributed by atoms with van der Waals surface area (Å²) in [6, 6.07) is 12.0. The Hall–Kier alpha value is -5.00. The summed E-state index contributed by atoms with van der Waals surface area (Å²) in [5.41, 5.74) is 3.22. The molecule has 6 rings (SSSR count). The molecular weight excluding hydrogens is 494 g/mol. The molecule has 0 spiro atoms. The SMILES string of the molecule is CC(=O)N1CCn2c(nc(-c3ccc(F)cc3)c2-c2ccc3nc(NC(=O)c4ccnc(F)c4)cn3n2)C1. The lowest BCUT2D eigenvalue weighted by Gasteiger charge is -2.27. The number of aromatic nitrogens is 6. The van der Waals surface area contributed by atoms with E-state index in [0.29, 0.717) is 48.1 Å². The molecule has 0 aliphatic carbocycles. The highest BCUT2D eigenvalue weighted by Crippen LogP contribution is 2.34. The van der Waals surface area contributed by atoms with Gasteiger partial charge in [-0.2, -0.15) is 9.49 Å². The molecule has 1 aliphatic rings. The fourth-order valence-corrected chi connectivity index (χ4v) is 4.47. The fourth-order valence-electron chi connectivity index (χ4n) is 4.47. The zero-order valence-corrected chi connectivity index (χ0v) is 20.1. The summed E-state index contributed by atoms with van der Waals surface area (Å²) in [6.07, 6.45) is 2.76. The van der Waals surface area contributed by atoms with Gasteiger partial charge in [0.15, 0.2) is 11.5 Å². The van der Waals surface area contributed by atoms with Crippen LogP contribution >= 0.6 is 0 Å². The van der Waals surface area contributed by atoms with Gasteiger partial charge in [0, 0.05) is 43.4 Å².